The number of carbonyl (C=O) groups excluding carboxylic acids is 1. The SMILES string of the molecule is CCC1(CNC(=O)c2cccc3cc[nH]c23)CCCC1. The van der Waals surface area contributed by atoms with Crippen LogP contribution in [0.2, 0.25) is 0 Å². The summed E-state index contributed by atoms with van der Waals surface area (Å²) >= 11 is 0. The Balaban J connectivity index is 1.75. The molecule has 106 valence electrons. The molecule has 1 aliphatic carbocycles. The van der Waals surface area contributed by atoms with Crippen LogP contribution in [-0.2, 0) is 0 Å². The van der Waals surface area contributed by atoms with Crippen LogP contribution in [0.3, 0.4) is 0 Å². The summed E-state index contributed by atoms with van der Waals surface area (Å²) in [5.41, 5.74) is 2.01. The summed E-state index contributed by atoms with van der Waals surface area (Å²) in [6.45, 7) is 3.04. The molecule has 3 rings (SSSR count). The van der Waals surface area contributed by atoms with Gasteiger partial charge in [0.2, 0.25) is 0 Å². The monoisotopic (exact) mass is 270 g/mol. The molecule has 0 bridgehead atoms. The maximum absolute atomic E-state index is 12.4. The van der Waals surface area contributed by atoms with Crippen molar-refractivity contribution in [3.63, 3.8) is 0 Å². The number of hydrogen-bond donors (Lipinski definition) is 2. The molecule has 0 saturated heterocycles. The number of carbonyl (C=O) groups is 1. The van der Waals surface area contributed by atoms with Gasteiger partial charge in [-0.05, 0) is 36.8 Å². The van der Waals surface area contributed by atoms with Gasteiger partial charge in [0, 0.05) is 18.1 Å². The van der Waals surface area contributed by atoms with E-state index in [4.69, 9.17) is 0 Å². The molecular weight excluding hydrogens is 248 g/mol. The molecule has 2 N–H and O–H groups in total. The molecule has 1 amide bonds. The zero-order valence-electron chi connectivity index (χ0n) is 12.0. The average molecular weight is 270 g/mol. The Morgan fingerprint density at radius 1 is 1.30 bits per heavy atom. The average Bonchev–Trinajstić information content (AvgIpc) is 3.13. The number of para-hydroxylation sites is 1. The fourth-order valence-electron chi connectivity index (χ4n) is 3.42. The Kier molecular flexibility index (Phi) is 3.51. The van der Waals surface area contributed by atoms with Crippen molar-refractivity contribution < 1.29 is 4.79 Å². The summed E-state index contributed by atoms with van der Waals surface area (Å²) in [6.07, 6.45) is 8.13. The van der Waals surface area contributed by atoms with Crippen molar-refractivity contribution in [2.24, 2.45) is 5.41 Å². The number of hydrogen-bond acceptors (Lipinski definition) is 1. The van der Waals surface area contributed by atoms with Gasteiger partial charge < -0.3 is 10.3 Å². The minimum absolute atomic E-state index is 0.0396. The molecule has 0 radical (unpaired) electrons. The van der Waals surface area contributed by atoms with E-state index >= 15 is 0 Å². The first-order valence-electron chi connectivity index (χ1n) is 7.58. The van der Waals surface area contributed by atoms with Gasteiger partial charge in [0.05, 0.1) is 11.1 Å². The third-order valence-electron chi connectivity index (χ3n) is 4.87. The number of amides is 1. The molecule has 20 heavy (non-hydrogen) atoms. The van der Waals surface area contributed by atoms with Crippen molar-refractivity contribution in [1.82, 2.24) is 10.3 Å². The van der Waals surface area contributed by atoms with Gasteiger partial charge >= 0.3 is 0 Å². The van der Waals surface area contributed by atoms with Crippen LogP contribution >= 0.6 is 0 Å². The first kappa shape index (κ1) is 13.2. The molecule has 0 atom stereocenters. The molecular formula is C17H22N2O. The molecule has 1 heterocycles. The van der Waals surface area contributed by atoms with E-state index < -0.39 is 0 Å². The van der Waals surface area contributed by atoms with E-state index in [9.17, 15) is 4.79 Å². The highest BCUT2D eigenvalue weighted by Gasteiger charge is 2.32. The summed E-state index contributed by atoms with van der Waals surface area (Å²) in [5.74, 6) is 0.0396. The van der Waals surface area contributed by atoms with Crippen LogP contribution in [0.25, 0.3) is 10.9 Å². The molecule has 3 heteroatoms. The highest BCUT2D eigenvalue weighted by molar-refractivity contribution is 6.05. The fourth-order valence-corrected chi connectivity index (χ4v) is 3.42. The Morgan fingerprint density at radius 3 is 2.85 bits per heavy atom. The van der Waals surface area contributed by atoms with Crippen LogP contribution in [-0.4, -0.2) is 17.4 Å². The molecule has 1 aromatic heterocycles. The normalized spacial score (nSPS) is 17.4. The van der Waals surface area contributed by atoms with Crippen LogP contribution in [0.15, 0.2) is 30.5 Å². The minimum Gasteiger partial charge on any atom is -0.361 e. The third-order valence-corrected chi connectivity index (χ3v) is 4.87. The van der Waals surface area contributed by atoms with Crippen molar-refractivity contribution in [1.29, 1.82) is 0 Å². The van der Waals surface area contributed by atoms with Crippen LogP contribution in [0.1, 0.15) is 49.4 Å². The number of nitrogens with one attached hydrogen (secondary N) is 2. The van der Waals surface area contributed by atoms with Crippen molar-refractivity contribution in [3.8, 4) is 0 Å². The van der Waals surface area contributed by atoms with E-state index in [-0.39, 0.29) is 5.91 Å². The smallest absolute Gasteiger partial charge is 0.253 e. The van der Waals surface area contributed by atoms with Crippen molar-refractivity contribution in [2.45, 2.75) is 39.0 Å². The number of fused-ring (bicyclic) bond motifs is 1. The minimum atomic E-state index is 0.0396. The number of H-pyrrole nitrogens is 1. The van der Waals surface area contributed by atoms with Gasteiger partial charge in [0.1, 0.15) is 0 Å². The Labute approximate surface area is 119 Å². The van der Waals surface area contributed by atoms with Crippen molar-refractivity contribution in [3.05, 3.63) is 36.0 Å². The standard InChI is InChI=1S/C17H22N2O/c1-2-17(9-3-4-10-17)12-19-16(20)14-7-5-6-13-8-11-18-15(13)14/h5-8,11,18H,2-4,9-10,12H2,1H3,(H,19,20). The van der Waals surface area contributed by atoms with E-state index in [0.29, 0.717) is 5.41 Å². The lowest BCUT2D eigenvalue weighted by Gasteiger charge is -2.27. The second-order valence-corrected chi connectivity index (χ2v) is 5.99. The summed E-state index contributed by atoms with van der Waals surface area (Å²) in [5, 5.41) is 4.24. The molecule has 1 saturated carbocycles. The second kappa shape index (κ2) is 5.31. The van der Waals surface area contributed by atoms with E-state index in [1.807, 2.05) is 30.5 Å². The van der Waals surface area contributed by atoms with Crippen LogP contribution < -0.4 is 5.32 Å². The lowest BCUT2D eigenvalue weighted by Crippen LogP contribution is -2.35. The van der Waals surface area contributed by atoms with E-state index in [1.165, 1.54) is 25.7 Å². The van der Waals surface area contributed by atoms with Crippen LogP contribution in [0.4, 0.5) is 0 Å². The molecule has 2 aromatic rings. The van der Waals surface area contributed by atoms with Gasteiger partial charge in [-0.1, -0.05) is 31.9 Å². The topological polar surface area (TPSA) is 44.9 Å². The summed E-state index contributed by atoms with van der Waals surface area (Å²) < 4.78 is 0. The Morgan fingerprint density at radius 2 is 2.10 bits per heavy atom. The molecule has 0 spiro atoms. The van der Waals surface area contributed by atoms with Crippen LogP contribution in [0, 0.1) is 5.41 Å². The lowest BCUT2D eigenvalue weighted by molar-refractivity contribution is 0.0930. The first-order chi connectivity index (χ1) is 9.74. The molecule has 1 fully saturated rings. The van der Waals surface area contributed by atoms with E-state index in [2.05, 4.69) is 17.2 Å². The fraction of sp³-hybridized carbons (Fsp3) is 0.471. The van der Waals surface area contributed by atoms with Gasteiger partial charge in [-0.15, -0.1) is 0 Å². The van der Waals surface area contributed by atoms with Gasteiger partial charge in [0.15, 0.2) is 0 Å². The molecule has 1 aromatic carbocycles. The van der Waals surface area contributed by atoms with E-state index in [1.54, 1.807) is 0 Å². The molecule has 0 unspecified atom stereocenters. The van der Waals surface area contributed by atoms with Crippen molar-refractivity contribution >= 4 is 16.8 Å². The quantitative estimate of drug-likeness (QED) is 0.870. The van der Waals surface area contributed by atoms with Gasteiger partial charge in [-0.2, -0.15) is 0 Å². The van der Waals surface area contributed by atoms with Crippen molar-refractivity contribution in [2.75, 3.05) is 6.54 Å². The molecule has 3 nitrogen and oxygen atoms in total. The van der Waals surface area contributed by atoms with Gasteiger partial charge in [-0.25, -0.2) is 0 Å². The van der Waals surface area contributed by atoms with Gasteiger partial charge in [-0.3, -0.25) is 4.79 Å². The Bertz CT molecular complexity index is 608. The van der Waals surface area contributed by atoms with Gasteiger partial charge in [0.25, 0.3) is 5.91 Å². The zero-order chi connectivity index (χ0) is 14.0. The summed E-state index contributed by atoms with van der Waals surface area (Å²) in [6, 6.07) is 7.85. The summed E-state index contributed by atoms with van der Waals surface area (Å²) in [7, 11) is 0. The lowest BCUT2D eigenvalue weighted by atomic mass is 9.83. The largest absolute Gasteiger partial charge is 0.361 e. The summed E-state index contributed by atoms with van der Waals surface area (Å²) in [4.78, 5) is 15.6. The maximum atomic E-state index is 12.4. The number of benzene rings is 1. The number of aromatic nitrogens is 1. The van der Waals surface area contributed by atoms with Crippen LogP contribution in [0.5, 0.6) is 0 Å². The highest BCUT2D eigenvalue weighted by Crippen LogP contribution is 2.40. The predicted molar refractivity (Wildman–Crippen MR) is 81.8 cm³/mol. The zero-order valence-corrected chi connectivity index (χ0v) is 12.0. The first-order valence-corrected chi connectivity index (χ1v) is 7.58. The molecule has 0 aliphatic heterocycles. The third kappa shape index (κ3) is 2.33. The number of rotatable bonds is 4. The van der Waals surface area contributed by atoms with E-state index in [0.717, 1.165) is 29.4 Å². The highest BCUT2D eigenvalue weighted by atomic mass is 16.1. The predicted octanol–water partition coefficient (Wildman–Crippen LogP) is 3.87. The number of aromatic amines is 1. The Hall–Kier alpha value is -1.77. The second-order valence-electron chi connectivity index (χ2n) is 5.99. The maximum Gasteiger partial charge on any atom is 0.253 e. The molecule has 1 aliphatic rings.